The predicted molar refractivity (Wildman–Crippen MR) is 73.0 cm³/mol. The van der Waals surface area contributed by atoms with E-state index in [9.17, 15) is 0 Å². The molecule has 3 rings (SSSR count). The lowest BCUT2D eigenvalue weighted by molar-refractivity contribution is 0.874. The number of aromatic nitrogens is 3. The molecular formula is C14H14N4. The SMILES string of the molecule is Cc1nc2ccc(Nc3ccccc3)nc2n1C. The molecule has 1 aromatic carbocycles. The Morgan fingerprint density at radius 1 is 1.00 bits per heavy atom. The fraction of sp³-hybridized carbons (Fsp3) is 0.143. The van der Waals surface area contributed by atoms with Crippen LogP contribution >= 0.6 is 0 Å². The van der Waals surface area contributed by atoms with E-state index < -0.39 is 0 Å². The van der Waals surface area contributed by atoms with Gasteiger partial charge in [-0.1, -0.05) is 18.2 Å². The van der Waals surface area contributed by atoms with Gasteiger partial charge in [0.05, 0.1) is 0 Å². The van der Waals surface area contributed by atoms with Gasteiger partial charge < -0.3 is 9.88 Å². The van der Waals surface area contributed by atoms with Gasteiger partial charge in [-0.3, -0.25) is 0 Å². The van der Waals surface area contributed by atoms with Crippen molar-refractivity contribution in [3.05, 3.63) is 48.3 Å². The number of fused-ring (bicyclic) bond motifs is 1. The van der Waals surface area contributed by atoms with Gasteiger partial charge in [-0.2, -0.15) is 0 Å². The maximum atomic E-state index is 4.58. The number of nitrogens with zero attached hydrogens (tertiary/aromatic N) is 3. The highest BCUT2D eigenvalue weighted by molar-refractivity contribution is 5.74. The van der Waals surface area contributed by atoms with E-state index in [4.69, 9.17) is 0 Å². The van der Waals surface area contributed by atoms with E-state index in [1.165, 1.54) is 0 Å². The molecule has 4 nitrogen and oxygen atoms in total. The maximum absolute atomic E-state index is 4.58. The Labute approximate surface area is 105 Å². The second-order valence-electron chi connectivity index (χ2n) is 4.25. The molecule has 0 radical (unpaired) electrons. The lowest BCUT2D eigenvalue weighted by Gasteiger charge is -2.05. The zero-order chi connectivity index (χ0) is 12.5. The van der Waals surface area contributed by atoms with Crippen LogP contribution in [0.15, 0.2) is 42.5 Å². The van der Waals surface area contributed by atoms with Crippen molar-refractivity contribution in [1.82, 2.24) is 14.5 Å². The number of pyridine rings is 1. The number of para-hydroxylation sites is 1. The molecular weight excluding hydrogens is 224 g/mol. The van der Waals surface area contributed by atoms with Gasteiger partial charge in [0.25, 0.3) is 0 Å². The standard InChI is InChI=1S/C14H14N4/c1-10-15-12-8-9-13(17-14(12)18(10)2)16-11-6-4-3-5-7-11/h3-9H,1-2H3,(H,16,17). The average molecular weight is 238 g/mol. The van der Waals surface area contributed by atoms with Crippen molar-refractivity contribution in [2.45, 2.75) is 6.92 Å². The molecule has 0 atom stereocenters. The number of hydrogen-bond donors (Lipinski definition) is 1. The molecule has 0 bridgehead atoms. The summed E-state index contributed by atoms with van der Waals surface area (Å²) in [6.07, 6.45) is 0. The van der Waals surface area contributed by atoms with E-state index >= 15 is 0 Å². The summed E-state index contributed by atoms with van der Waals surface area (Å²) in [5.74, 6) is 1.80. The molecule has 0 fully saturated rings. The van der Waals surface area contributed by atoms with E-state index in [0.29, 0.717) is 0 Å². The van der Waals surface area contributed by atoms with Gasteiger partial charge in [-0.25, -0.2) is 9.97 Å². The molecule has 4 heteroatoms. The van der Waals surface area contributed by atoms with Crippen LogP contribution in [0.5, 0.6) is 0 Å². The quantitative estimate of drug-likeness (QED) is 0.746. The Kier molecular flexibility index (Phi) is 2.48. The first-order valence-electron chi connectivity index (χ1n) is 5.86. The first kappa shape index (κ1) is 10.8. The van der Waals surface area contributed by atoms with E-state index in [1.54, 1.807) is 0 Å². The Balaban J connectivity index is 2.01. The van der Waals surface area contributed by atoms with Crippen molar-refractivity contribution in [2.75, 3.05) is 5.32 Å². The third-order valence-electron chi connectivity index (χ3n) is 2.99. The average Bonchev–Trinajstić information content (AvgIpc) is 2.67. The van der Waals surface area contributed by atoms with Crippen LogP contribution in [0.4, 0.5) is 11.5 Å². The summed E-state index contributed by atoms with van der Waals surface area (Å²) in [4.78, 5) is 9.01. The highest BCUT2D eigenvalue weighted by Crippen LogP contribution is 2.18. The van der Waals surface area contributed by atoms with Gasteiger partial charge in [-0.15, -0.1) is 0 Å². The highest BCUT2D eigenvalue weighted by atomic mass is 15.1. The van der Waals surface area contributed by atoms with Crippen molar-refractivity contribution < 1.29 is 0 Å². The van der Waals surface area contributed by atoms with E-state index in [0.717, 1.165) is 28.5 Å². The monoisotopic (exact) mass is 238 g/mol. The molecule has 0 aliphatic rings. The summed E-state index contributed by atoms with van der Waals surface area (Å²) < 4.78 is 1.99. The number of benzene rings is 1. The fourth-order valence-corrected chi connectivity index (χ4v) is 1.92. The highest BCUT2D eigenvalue weighted by Gasteiger charge is 2.06. The van der Waals surface area contributed by atoms with Crippen LogP contribution in [0.3, 0.4) is 0 Å². The van der Waals surface area contributed by atoms with Crippen LogP contribution in [-0.2, 0) is 7.05 Å². The van der Waals surface area contributed by atoms with Crippen LogP contribution in [-0.4, -0.2) is 14.5 Å². The minimum atomic E-state index is 0.830. The summed E-state index contributed by atoms with van der Waals surface area (Å²) >= 11 is 0. The number of imidazole rings is 1. The van der Waals surface area contributed by atoms with Crippen LogP contribution in [0, 0.1) is 6.92 Å². The summed E-state index contributed by atoms with van der Waals surface area (Å²) in [7, 11) is 1.98. The normalized spacial score (nSPS) is 10.8. The molecule has 90 valence electrons. The van der Waals surface area contributed by atoms with Crippen LogP contribution in [0.1, 0.15) is 5.82 Å². The molecule has 0 aliphatic heterocycles. The fourth-order valence-electron chi connectivity index (χ4n) is 1.92. The molecule has 0 saturated heterocycles. The van der Waals surface area contributed by atoms with Crippen LogP contribution in [0.25, 0.3) is 11.2 Å². The molecule has 0 spiro atoms. The van der Waals surface area contributed by atoms with Crippen molar-refractivity contribution in [3.63, 3.8) is 0 Å². The van der Waals surface area contributed by atoms with Gasteiger partial charge in [0, 0.05) is 12.7 Å². The summed E-state index contributed by atoms with van der Waals surface area (Å²) in [5, 5.41) is 3.28. The van der Waals surface area contributed by atoms with Crippen molar-refractivity contribution in [2.24, 2.45) is 7.05 Å². The molecule has 0 aliphatic carbocycles. The molecule has 18 heavy (non-hydrogen) atoms. The lowest BCUT2D eigenvalue weighted by Crippen LogP contribution is -1.96. The second-order valence-corrected chi connectivity index (χ2v) is 4.25. The largest absolute Gasteiger partial charge is 0.340 e. The van der Waals surface area contributed by atoms with Gasteiger partial charge in [-0.05, 0) is 31.2 Å². The van der Waals surface area contributed by atoms with Gasteiger partial charge >= 0.3 is 0 Å². The van der Waals surface area contributed by atoms with E-state index in [-0.39, 0.29) is 0 Å². The lowest BCUT2D eigenvalue weighted by atomic mass is 10.3. The first-order chi connectivity index (χ1) is 8.74. The number of nitrogens with one attached hydrogen (secondary N) is 1. The smallest absolute Gasteiger partial charge is 0.162 e. The minimum Gasteiger partial charge on any atom is -0.340 e. The Bertz CT molecular complexity index is 686. The molecule has 0 amide bonds. The molecule has 1 N–H and O–H groups in total. The number of rotatable bonds is 2. The van der Waals surface area contributed by atoms with Crippen molar-refractivity contribution in [1.29, 1.82) is 0 Å². The first-order valence-corrected chi connectivity index (χ1v) is 5.86. The summed E-state index contributed by atoms with van der Waals surface area (Å²) in [5.41, 5.74) is 2.85. The van der Waals surface area contributed by atoms with E-state index in [2.05, 4.69) is 15.3 Å². The third kappa shape index (κ3) is 1.82. The zero-order valence-electron chi connectivity index (χ0n) is 10.4. The number of aryl methyl sites for hydroxylation is 2. The molecule has 2 heterocycles. The minimum absolute atomic E-state index is 0.830. The number of anilines is 2. The maximum Gasteiger partial charge on any atom is 0.162 e. The molecule has 2 aromatic heterocycles. The van der Waals surface area contributed by atoms with Crippen molar-refractivity contribution in [3.8, 4) is 0 Å². The van der Waals surface area contributed by atoms with Crippen LogP contribution < -0.4 is 5.32 Å². The predicted octanol–water partition coefficient (Wildman–Crippen LogP) is 3.02. The van der Waals surface area contributed by atoms with Crippen LogP contribution in [0.2, 0.25) is 0 Å². The summed E-state index contributed by atoms with van der Waals surface area (Å²) in [6.45, 7) is 1.98. The van der Waals surface area contributed by atoms with Crippen molar-refractivity contribution >= 4 is 22.7 Å². The zero-order valence-corrected chi connectivity index (χ0v) is 10.4. The molecule has 3 aromatic rings. The Hall–Kier alpha value is -2.36. The molecule has 0 saturated carbocycles. The van der Waals surface area contributed by atoms with Gasteiger partial charge in [0.2, 0.25) is 0 Å². The third-order valence-corrected chi connectivity index (χ3v) is 2.99. The summed E-state index contributed by atoms with van der Waals surface area (Å²) in [6, 6.07) is 13.9. The van der Waals surface area contributed by atoms with Gasteiger partial charge in [0.15, 0.2) is 5.65 Å². The topological polar surface area (TPSA) is 42.7 Å². The van der Waals surface area contributed by atoms with Gasteiger partial charge in [0.1, 0.15) is 17.2 Å². The molecule has 0 unspecified atom stereocenters. The number of hydrogen-bond acceptors (Lipinski definition) is 3. The Morgan fingerprint density at radius 2 is 1.78 bits per heavy atom. The second kappa shape index (κ2) is 4.14. The van der Waals surface area contributed by atoms with E-state index in [1.807, 2.05) is 61.0 Å². The Morgan fingerprint density at radius 3 is 2.56 bits per heavy atom.